The molecular formula is C13H18N2O3. The summed E-state index contributed by atoms with van der Waals surface area (Å²) in [7, 11) is 0. The third-order valence-electron chi connectivity index (χ3n) is 3.57. The molecule has 5 nitrogen and oxygen atoms in total. The first kappa shape index (κ1) is 12.8. The van der Waals surface area contributed by atoms with Crippen molar-refractivity contribution in [2.75, 3.05) is 6.61 Å². The van der Waals surface area contributed by atoms with E-state index in [1.807, 2.05) is 0 Å². The van der Waals surface area contributed by atoms with E-state index in [1.54, 1.807) is 13.8 Å². The maximum Gasteiger partial charge on any atom is 0.341 e. The Kier molecular flexibility index (Phi) is 3.79. The maximum absolute atomic E-state index is 11.2. The predicted molar refractivity (Wildman–Crippen MR) is 65.9 cm³/mol. The van der Waals surface area contributed by atoms with Gasteiger partial charge in [0.05, 0.1) is 12.3 Å². The number of aromatic nitrogens is 2. The van der Waals surface area contributed by atoms with Crippen LogP contribution in [-0.2, 0) is 0 Å². The lowest BCUT2D eigenvalue weighted by molar-refractivity contribution is 0.0688. The van der Waals surface area contributed by atoms with Crippen LogP contribution in [0.1, 0.15) is 47.3 Å². The molecule has 0 aliphatic heterocycles. The van der Waals surface area contributed by atoms with E-state index in [-0.39, 0.29) is 11.4 Å². The molecule has 0 atom stereocenters. The van der Waals surface area contributed by atoms with Crippen molar-refractivity contribution in [1.82, 2.24) is 10.2 Å². The molecule has 1 aliphatic rings. The molecule has 1 fully saturated rings. The Bertz CT molecular complexity index is 454. The van der Waals surface area contributed by atoms with Crippen LogP contribution in [0.15, 0.2) is 0 Å². The Morgan fingerprint density at radius 1 is 1.33 bits per heavy atom. The minimum atomic E-state index is -1.01. The van der Waals surface area contributed by atoms with Crippen molar-refractivity contribution in [3.05, 3.63) is 16.8 Å². The molecular weight excluding hydrogens is 232 g/mol. The Morgan fingerprint density at radius 3 is 2.61 bits per heavy atom. The molecule has 5 heteroatoms. The Balaban J connectivity index is 2.16. The Hall–Kier alpha value is -1.65. The van der Waals surface area contributed by atoms with E-state index >= 15 is 0 Å². The molecule has 1 aliphatic carbocycles. The summed E-state index contributed by atoms with van der Waals surface area (Å²) in [5, 5.41) is 17.0. The molecule has 0 spiro atoms. The van der Waals surface area contributed by atoms with Crippen LogP contribution in [0.5, 0.6) is 5.88 Å². The van der Waals surface area contributed by atoms with E-state index in [2.05, 4.69) is 10.2 Å². The normalized spacial score (nSPS) is 15.9. The number of aromatic carboxylic acids is 1. The molecule has 18 heavy (non-hydrogen) atoms. The van der Waals surface area contributed by atoms with E-state index in [0.717, 1.165) is 12.8 Å². The standard InChI is InChI=1S/C13H18N2O3/c1-8-9(2)14-15-12(11(8)13(16)17)18-7-10-5-3-4-6-10/h10H,3-7H2,1-2H3,(H,16,17). The van der Waals surface area contributed by atoms with Crippen LogP contribution in [0.25, 0.3) is 0 Å². The first-order valence-electron chi connectivity index (χ1n) is 6.29. The predicted octanol–water partition coefficient (Wildman–Crippen LogP) is 2.36. The fourth-order valence-electron chi connectivity index (χ4n) is 2.31. The van der Waals surface area contributed by atoms with E-state index in [1.165, 1.54) is 12.8 Å². The van der Waals surface area contributed by atoms with Crippen LogP contribution < -0.4 is 4.74 Å². The summed E-state index contributed by atoms with van der Waals surface area (Å²) in [6.07, 6.45) is 4.78. The topological polar surface area (TPSA) is 72.3 Å². The molecule has 0 radical (unpaired) electrons. The van der Waals surface area contributed by atoms with Gasteiger partial charge in [0.25, 0.3) is 0 Å². The van der Waals surface area contributed by atoms with Crippen molar-refractivity contribution in [2.45, 2.75) is 39.5 Å². The summed E-state index contributed by atoms with van der Waals surface area (Å²) >= 11 is 0. The summed E-state index contributed by atoms with van der Waals surface area (Å²) in [5.74, 6) is -0.334. The maximum atomic E-state index is 11.2. The molecule has 0 unspecified atom stereocenters. The first-order valence-corrected chi connectivity index (χ1v) is 6.29. The first-order chi connectivity index (χ1) is 8.59. The average molecular weight is 250 g/mol. The minimum absolute atomic E-state index is 0.139. The zero-order valence-corrected chi connectivity index (χ0v) is 10.8. The average Bonchev–Trinajstić information content (AvgIpc) is 2.83. The third-order valence-corrected chi connectivity index (χ3v) is 3.57. The van der Waals surface area contributed by atoms with Crippen LogP contribution in [0.2, 0.25) is 0 Å². The second kappa shape index (κ2) is 5.33. The van der Waals surface area contributed by atoms with Crippen LogP contribution in [-0.4, -0.2) is 27.9 Å². The second-order valence-electron chi connectivity index (χ2n) is 4.86. The fraction of sp³-hybridized carbons (Fsp3) is 0.615. The molecule has 1 heterocycles. The highest BCUT2D eigenvalue weighted by Crippen LogP contribution is 2.27. The van der Waals surface area contributed by atoms with Crippen molar-refractivity contribution in [1.29, 1.82) is 0 Å². The molecule has 2 rings (SSSR count). The van der Waals surface area contributed by atoms with Gasteiger partial charge in [0.2, 0.25) is 5.88 Å². The van der Waals surface area contributed by atoms with E-state index in [0.29, 0.717) is 23.8 Å². The van der Waals surface area contributed by atoms with Gasteiger partial charge in [0.15, 0.2) is 0 Å². The number of carboxylic acids is 1. The molecule has 1 aromatic heterocycles. The lowest BCUT2D eigenvalue weighted by Gasteiger charge is -2.13. The monoisotopic (exact) mass is 250 g/mol. The number of rotatable bonds is 4. The molecule has 0 bridgehead atoms. The van der Waals surface area contributed by atoms with Gasteiger partial charge in [-0.2, -0.15) is 5.10 Å². The summed E-state index contributed by atoms with van der Waals surface area (Å²) in [4.78, 5) is 11.2. The minimum Gasteiger partial charge on any atom is -0.477 e. The number of hydrogen-bond acceptors (Lipinski definition) is 4. The number of hydrogen-bond donors (Lipinski definition) is 1. The summed E-state index contributed by atoms with van der Waals surface area (Å²) in [6.45, 7) is 4.02. The van der Waals surface area contributed by atoms with Crippen molar-refractivity contribution in [2.24, 2.45) is 5.92 Å². The second-order valence-corrected chi connectivity index (χ2v) is 4.86. The number of carbonyl (C=O) groups is 1. The molecule has 1 N–H and O–H groups in total. The Labute approximate surface area is 106 Å². The van der Waals surface area contributed by atoms with Crippen LogP contribution in [0, 0.1) is 19.8 Å². The third kappa shape index (κ3) is 2.60. The van der Waals surface area contributed by atoms with Gasteiger partial charge in [0, 0.05) is 0 Å². The van der Waals surface area contributed by atoms with Crippen molar-refractivity contribution in [3.8, 4) is 5.88 Å². The van der Waals surface area contributed by atoms with Crippen molar-refractivity contribution in [3.63, 3.8) is 0 Å². The van der Waals surface area contributed by atoms with Gasteiger partial charge >= 0.3 is 5.97 Å². The number of ether oxygens (including phenoxy) is 1. The van der Waals surface area contributed by atoms with E-state index in [9.17, 15) is 9.90 Å². The van der Waals surface area contributed by atoms with Gasteiger partial charge < -0.3 is 9.84 Å². The number of aryl methyl sites for hydroxylation is 1. The van der Waals surface area contributed by atoms with Crippen molar-refractivity contribution >= 4 is 5.97 Å². The molecule has 0 aromatic carbocycles. The highest BCUT2D eigenvalue weighted by atomic mass is 16.5. The largest absolute Gasteiger partial charge is 0.477 e. The SMILES string of the molecule is Cc1nnc(OCC2CCCC2)c(C(=O)O)c1C. The molecule has 98 valence electrons. The van der Waals surface area contributed by atoms with Gasteiger partial charge in [-0.15, -0.1) is 5.10 Å². The smallest absolute Gasteiger partial charge is 0.341 e. The van der Waals surface area contributed by atoms with E-state index < -0.39 is 5.97 Å². The van der Waals surface area contributed by atoms with Crippen LogP contribution >= 0.6 is 0 Å². The Morgan fingerprint density at radius 2 is 2.00 bits per heavy atom. The summed E-state index contributed by atoms with van der Waals surface area (Å²) < 4.78 is 5.56. The molecule has 1 aromatic rings. The van der Waals surface area contributed by atoms with Gasteiger partial charge in [-0.3, -0.25) is 0 Å². The van der Waals surface area contributed by atoms with Crippen LogP contribution in [0.3, 0.4) is 0 Å². The van der Waals surface area contributed by atoms with Crippen molar-refractivity contribution < 1.29 is 14.6 Å². The zero-order valence-electron chi connectivity index (χ0n) is 10.8. The number of nitrogens with zero attached hydrogens (tertiary/aromatic N) is 2. The molecule has 0 saturated heterocycles. The fourth-order valence-corrected chi connectivity index (χ4v) is 2.31. The van der Waals surface area contributed by atoms with Gasteiger partial charge in [-0.1, -0.05) is 12.8 Å². The van der Waals surface area contributed by atoms with Gasteiger partial charge in [-0.05, 0) is 38.2 Å². The summed E-state index contributed by atoms with van der Waals surface area (Å²) in [6, 6.07) is 0. The number of carboxylic acid groups (broad SMARTS) is 1. The highest BCUT2D eigenvalue weighted by Gasteiger charge is 2.21. The van der Waals surface area contributed by atoms with Gasteiger partial charge in [0.1, 0.15) is 5.56 Å². The lowest BCUT2D eigenvalue weighted by Crippen LogP contribution is -2.14. The summed E-state index contributed by atoms with van der Waals surface area (Å²) in [5.41, 5.74) is 1.39. The van der Waals surface area contributed by atoms with E-state index in [4.69, 9.17) is 4.74 Å². The highest BCUT2D eigenvalue weighted by molar-refractivity contribution is 5.91. The lowest BCUT2D eigenvalue weighted by atomic mass is 10.1. The molecule has 1 saturated carbocycles. The quantitative estimate of drug-likeness (QED) is 0.888. The van der Waals surface area contributed by atoms with Crippen LogP contribution in [0.4, 0.5) is 0 Å². The zero-order chi connectivity index (χ0) is 13.1. The molecule has 0 amide bonds. The van der Waals surface area contributed by atoms with Gasteiger partial charge in [-0.25, -0.2) is 4.79 Å².